The third kappa shape index (κ3) is 27.6. The van der Waals surface area contributed by atoms with E-state index in [1.165, 1.54) is 64.2 Å². The van der Waals surface area contributed by atoms with Crippen LogP contribution in [0.1, 0.15) is 123 Å². The van der Waals surface area contributed by atoms with Gasteiger partial charge in [-0.3, -0.25) is 13.8 Å². The molecule has 0 saturated carbocycles. The summed E-state index contributed by atoms with van der Waals surface area (Å²) in [4.78, 5) is 22.7. The Balaban J connectivity index is 4.72. The minimum absolute atomic E-state index is 0.0570. The molecule has 0 aliphatic carbocycles. The SMILES string of the molecule is CCCCCC/C=C\CCCC(=O)NC(COP(=O)(O)OCC[N+](C)(C)C)C(O)/C=C/CCCCCCCCCC. The number of likely N-dealkylation sites (N-methyl/N-ethyl adjacent to an activating group) is 1. The third-order valence-electron chi connectivity index (χ3n) is 6.92. The van der Waals surface area contributed by atoms with Gasteiger partial charge in [-0.25, -0.2) is 4.57 Å². The van der Waals surface area contributed by atoms with Crippen LogP contribution in [0, 0.1) is 0 Å². The van der Waals surface area contributed by atoms with E-state index < -0.39 is 20.0 Å². The standard InChI is InChI=1S/C32H63N2O6P/c1-6-8-10-12-14-16-18-19-21-23-25-31(35)30(29-40-41(37,38)39-28-27-34(3,4)5)33-32(36)26-24-22-20-17-15-13-11-9-7-2/h17,20,23,25,30-31,35H,6-16,18-19,21-22,24,26-29H2,1-5H3,(H-,33,36,37,38)/p+1/b20-17-,25-23+. The Kier molecular flexibility index (Phi) is 24.8. The zero-order chi connectivity index (χ0) is 30.8. The van der Waals surface area contributed by atoms with Gasteiger partial charge >= 0.3 is 7.82 Å². The number of carbonyl (C=O) groups is 1. The molecule has 0 rings (SSSR count). The lowest BCUT2D eigenvalue weighted by atomic mass is 10.1. The van der Waals surface area contributed by atoms with E-state index in [9.17, 15) is 19.4 Å². The van der Waals surface area contributed by atoms with Crippen molar-refractivity contribution >= 4 is 13.7 Å². The number of quaternary nitrogens is 1. The second-order valence-corrected chi connectivity index (χ2v) is 13.6. The van der Waals surface area contributed by atoms with E-state index in [2.05, 4.69) is 31.3 Å². The van der Waals surface area contributed by atoms with Crippen LogP contribution in [0.4, 0.5) is 0 Å². The van der Waals surface area contributed by atoms with Gasteiger partial charge in [0, 0.05) is 6.42 Å². The molecule has 3 unspecified atom stereocenters. The number of amides is 1. The van der Waals surface area contributed by atoms with Crippen LogP contribution in [0.3, 0.4) is 0 Å². The topological polar surface area (TPSA) is 105 Å². The summed E-state index contributed by atoms with van der Waals surface area (Å²) in [5.41, 5.74) is 0. The summed E-state index contributed by atoms with van der Waals surface area (Å²) in [6.45, 7) is 4.69. The minimum Gasteiger partial charge on any atom is -0.387 e. The molecule has 3 atom stereocenters. The molecule has 0 aliphatic heterocycles. The van der Waals surface area contributed by atoms with Crippen molar-refractivity contribution < 1.29 is 32.9 Å². The van der Waals surface area contributed by atoms with Gasteiger partial charge in [0.05, 0.1) is 39.9 Å². The first-order chi connectivity index (χ1) is 19.5. The summed E-state index contributed by atoms with van der Waals surface area (Å²) >= 11 is 0. The number of nitrogens with zero attached hydrogens (tertiary/aromatic N) is 1. The smallest absolute Gasteiger partial charge is 0.387 e. The lowest BCUT2D eigenvalue weighted by Gasteiger charge is -2.25. The molecule has 9 heteroatoms. The van der Waals surface area contributed by atoms with Gasteiger partial charge in [0.15, 0.2) is 0 Å². The van der Waals surface area contributed by atoms with Crippen LogP contribution in [-0.2, 0) is 18.4 Å². The molecule has 0 heterocycles. The van der Waals surface area contributed by atoms with Gasteiger partial charge in [0.1, 0.15) is 13.2 Å². The molecule has 0 aromatic carbocycles. The molecule has 41 heavy (non-hydrogen) atoms. The Morgan fingerprint density at radius 3 is 1.90 bits per heavy atom. The number of rotatable bonds is 28. The van der Waals surface area contributed by atoms with Crippen molar-refractivity contribution in [3.63, 3.8) is 0 Å². The molecule has 1 amide bonds. The predicted octanol–water partition coefficient (Wildman–Crippen LogP) is 7.46. The molecule has 0 fully saturated rings. The van der Waals surface area contributed by atoms with E-state index >= 15 is 0 Å². The van der Waals surface area contributed by atoms with Gasteiger partial charge < -0.3 is 19.8 Å². The Bertz CT molecular complexity index is 738. The molecule has 0 aromatic rings. The molecule has 0 aliphatic rings. The quantitative estimate of drug-likeness (QED) is 0.0371. The summed E-state index contributed by atoms with van der Waals surface area (Å²) in [6, 6.07) is -0.853. The van der Waals surface area contributed by atoms with E-state index in [1.54, 1.807) is 6.08 Å². The Morgan fingerprint density at radius 2 is 1.32 bits per heavy atom. The summed E-state index contributed by atoms with van der Waals surface area (Å²) in [6.07, 6.45) is 25.4. The fourth-order valence-corrected chi connectivity index (χ4v) is 4.95. The minimum atomic E-state index is -4.32. The van der Waals surface area contributed by atoms with E-state index in [4.69, 9.17) is 9.05 Å². The lowest BCUT2D eigenvalue weighted by molar-refractivity contribution is -0.870. The number of hydrogen-bond donors (Lipinski definition) is 3. The molecule has 0 bridgehead atoms. The molecule has 242 valence electrons. The maximum atomic E-state index is 12.6. The second-order valence-electron chi connectivity index (χ2n) is 12.2. The maximum absolute atomic E-state index is 12.6. The Morgan fingerprint density at radius 1 is 0.805 bits per heavy atom. The van der Waals surface area contributed by atoms with Crippen molar-refractivity contribution in [1.29, 1.82) is 0 Å². The van der Waals surface area contributed by atoms with Gasteiger partial charge in [-0.05, 0) is 38.5 Å². The van der Waals surface area contributed by atoms with Crippen molar-refractivity contribution in [2.75, 3.05) is 40.9 Å². The van der Waals surface area contributed by atoms with E-state index in [0.717, 1.165) is 32.1 Å². The predicted molar refractivity (Wildman–Crippen MR) is 171 cm³/mol. The average Bonchev–Trinajstić information content (AvgIpc) is 2.90. The second kappa shape index (κ2) is 25.5. The monoisotopic (exact) mass is 603 g/mol. The molecule has 0 radical (unpaired) electrons. The van der Waals surface area contributed by atoms with E-state index in [1.807, 2.05) is 27.2 Å². The number of unbranched alkanes of at least 4 members (excludes halogenated alkanes) is 13. The zero-order valence-electron chi connectivity index (χ0n) is 27.0. The zero-order valence-corrected chi connectivity index (χ0v) is 27.9. The average molecular weight is 604 g/mol. The molecular weight excluding hydrogens is 539 g/mol. The van der Waals surface area contributed by atoms with E-state index in [0.29, 0.717) is 23.9 Å². The van der Waals surface area contributed by atoms with Crippen LogP contribution in [0.2, 0.25) is 0 Å². The Hall–Kier alpha value is -1.02. The summed E-state index contributed by atoms with van der Waals surface area (Å²) in [5, 5.41) is 13.6. The first-order valence-electron chi connectivity index (χ1n) is 16.2. The summed E-state index contributed by atoms with van der Waals surface area (Å²) < 4.78 is 23.3. The number of carbonyl (C=O) groups excluding carboxylic acids is 1. The number of nitrogens with one attached hydrogen (secondary N) is 1. The largest absolute Gasteiger partial charge is 0.472 e. The van der Waals surface area contributed by atoms with Gasteiger partial charge in [-0.2, -0.15) is 0 Å². The van der Waals surface area contributed by atoms with Crippen molar-refractivity contribution in [1.82, 2.24) is 5.32 Å². The maximum Gasteiger partial charge on any atom is 0.472 e. The highest BCUT2D eigenvalue weighted by atomic mass is 31.2. The molecule has 0 spiro atoms. The highest BCUT2D eigenvalue weighted by Gasteiger charge is 2.27. The molecule has 0 aromatic heterocycles. The van der Waals surface area contributed by atoms with E-state index in [-0.39, 0.29) is 19.1 Å². The van der Waals surface area contributed by atoms with Crippen LogP contribution in [0.15, 0.2) is 24.3 Å². The first-order valence-corrected chi connectivity index (χ1v) is 17.7. The van der Waals surface area contributed by atoms with Crippen molar-refractivity contribution in [3.8, 4) is 0 Å². The van der Waals surface area contributed by atoms with Gasteiger partial charge in [-0.15, -0.1) is 0 Å². The summed E-state index contributed by atoms with van der Waals surface area (Å²) in [7, 11) is 1.55. The number of aliphatic hydroxyl groups excluding tert-OH is 1. The third-order valence-corrected chi connectivity index (χ3v) is 7.90. The molecule has 8 nitrogen and oxygen atoms in total. The fraction of sp³-hybridized carbons (Fsp3) is 0.844. The van der Waals surface area contributed by atoms with Crippen molar-refractivity contribution in [2.24, 2.45) is 0 Å². The molecule has 0 saturated heterocycles. The van der Waals surface area contributed by atoms with Crippen LogP contribution in [0.25, 0.3) is 0 Å². The normalized spacial score (nSPS) is 15.4. The fourth-order valence-electron chi connectivity index (χ4n) is 4.22. The number of aliphatic hydroxyl groups is 1. The van der Waals surface area contributed by atoms with Crippen molar-refractivity contribution in [3.05, 3.63) is 24.3 Å². The molecule has 3 N–H and O–H groups in total. The Labute approximate surface area is 252 Å². The number of allylic oxidation sites excluding steroid dienone is 3. The van der Waals surface area contributed by atoms with Crippen LogP contribution < -0.4 is 5.32 Å². The summed E-state index contributed by atoms with van der Waals surface area (Å²) in [5.74, 6) is -0.218. The number of phosphoric ester groups is 1. The van der Waals surface area contributed by atoms with Gasteiger partial charge in [0.2, 0.25) is 5.91 Å². The van der Waals surface area contributed by atoms with Crippen LogP contribution >= 0.6 is 7.82 Å². The lowest BCUT2D eigenvalue weighted by Crippen LogP contribution is -2.45. The van der Waals surface area contributed by atoms with Crippen molar-refractivity contribution in [2.45, 2.75) is 135 Å². The number of hydrogen-bond acceptors (Lipinski definition) is 5. The number of phosphoric acid groups is 1. The highest BCUT2D eigenvalue weighted by Crippen LogP contribution is 2.43. The van der Waals surface area contributed by atoms with Gasteiger partial charge in [-0.1, -0.05) is 102 Å². The highest BCUT2D eigenvalue weighted by molar-refractivity contribution is 7.47. The molecular formula is C32H64N2O6P+. The van der Waals surface area contributed by atoms with Crippen LogP contribution in [-0.4, -0.2) is 73.4 Å². The first kappa shape index (κ1) is 40.0. The van der Waals surface area contributed by atoms with Gasteiger partial charge in [0.25, 0.3) is 0 Å². The van der Waals surface area contributed by atoms with Crippen LogP contribution in [0.5, 0.6) is 0 Å².